The number of benzene rings is 2. The standard InChI is InChI=1S/C22H22N4O2/c1-3-28-21-12-8-7-11-18(21)19-14-20(25-24-19)22(27)26-23-15-16(2)13-17-9-5-4-6-10-17/h4-15H,3H2,1-2H3,(H,24,25)(H,26,27)/b16-13+,23-15-. The Morgan fingerprint density at radius 2 is 1.93 bits per heavy atom. The van der Waals surface area contributed by atoms with Crippen molar-refractivity contribution in [3.63, 3.8) is 0 Å². The van der Waals surface area contributed by atoms with Crippen LogP contribution in [-0.2, 0) is 0 Å². The van der Waals surface area contributed by atoms with Crippen LogP contribution in [0.2, 0.25) is 0 Å². The Labute approximate surface area is 163 Å². The second-order valence-electron chi connectivity index (χ2n) is 6.09. The number of carbonyl (C=O) groups is 1. The van der Waals surface area contributed by atoms with Crippen molar-refractivity contribution in [3.05, 3.63) is 77.5 Å². The Bertz CT molecular complexity index is 991. The van der Waals surface area contributed by atoms with E-state index in [0.717, 1.165) is 22.4 Å². The van der Waals surface area contributed by atoms with Crippen LogP contribution in [0.1, 0.15) is 29.9 Å². The first-order chi connectivity index (χ1) is 13.7. The van der Waals surface area contributed by atoms with Gasteiger partial charge in [0.2, 0.25) is 0 Å². The fraction of sp³-hybridized carbons (Fsp3) is 0.136. The fourth-order valence-corrected chi connectivity index (χ4v) is 2.64. The number of hydrogen-bond acceptors (Lipinski definition) is 4. The summed E-state index contributed by atoms with van der Waals surface area (Å²) in [5, 5.41) is 11.0. The maximum atomic E-state index is 12.3. The van der Waals surface area contributed by atoms with E-state index in [1.165, 1.54) is 0 Å². The van der Waals surface area contributed by atoms with Gasteiger partial charge in [0.05, 0.1) is 18.5 Å². The predicted molar refractivity (Wildman–Crippen MR) is 111 cm³/mol. The zero-order valence-corrected chi connectivity index (χ0v) is 15.8. The van der Waals surface area contributed by atoms with Crippen molar-refractivity contribution in [3.8, 4) is 17.0 Å². The summed E-state index contributed by atoms with van der Waals surface area (Å²) in [6, 6.07) is 19.2. The number of ether oxygens (including phenoxy) is 1. The lowest BCUT2D eigenvalue weighted by Crippen LogP contribution is -2.17. The number of para-hydroxylation sites is 1. The molecule has 6 nitrogen and oxygen atoms in total. The van der Waals surface area contributed by atoms with E-state index < -0.39 is 0 Å². The number of amides is 1. The smallest absolute Gasteiger partial charge is 0.289 e. The molecule has 0 saturated carbocycles. The minimum absolute atomic E-state index is 0.322. The summed E-state index contributed by atoms with van der Waals surface area (Å²) in [6.45, 7) is 4.40. The topological polar surface area (TPSA) is 79.4 Å². The first kappa shape index (κ1) is 19.1. The van der Waals surface area contributed by atoms with Crippen molar-refractivity contribution in [1.82, 2.24) is 15.6 Å². The molecule has 142 valence electrons. The van der Waals surface area contributed by atoms with E-state index >= 15 is 0 Å². The van der Waals surface area contributed by atoms with Crippen LogP contribution in [0, 0.1) is 0 Å². The molecule has 28 heavy (non-hydrogen) atoms. The Morgan fingerprint density at radius 1 is 1.18 bits per heavy atom. The van der Waals surface area contributed by atoms with Crippen molar-refractivity contribution in [2.75, 3.05) is 6.61 Å². The third-order valence-corrected chi connectivity index (χ3v) is 3.91. The van der Waals surface area contributed by atoms with Gasteiger partial charge in [0.1, 0.15) is 11.4 Å². The zero-order chi connectivity index (χ0) is 19.8. The molecular weight excluding hydrogens is 352 g/mol. The van der Waals surface area contributed by atoms with Gasteiger partial charge in [-0.15, -0.1) is 0 Å². The molecule has 0 aliphatic carbocycles. The maximum absolute atomic E-state index is 12.3. The van der Waals surface area contributed by atoms with Crippen LogP contribution in [0.3, 0.4) is 0 Å². The first-order valence-electron chi connectivity index (χ1n) is 9.01. The number of hydrazone groups is 1. The number of aromatic amines is 1. The molecule has 2 N–H and O–H groups in total. The van der Waals surface area contributed by atoms with E-state index in [9.17, 15) is 4.79 Å². The average molecular weight is 374 g/mol. The molecule has 0 aliphatic heterocycles. The van der Waals surface area contributed by atoms with Crippen LogP contribution in [0.25, 0.3) is 17.3 Å². The number of aromatic nitrogens is 2. The van der Waals surface area contributed by atoms with Gasteiger partial charge in [0.15, 0.2) is 0 Å². The minimum atomic E-state index is -0.364. The highest BCUT2D eigenvalue weighted by Gasteiger charge is 2.13. The number of nitrogens with zero attached hydrogens (tertiary/aromatic N) is 2. The van der Waals surface area contributed by atoms with Gasteiger partial charge in [-0.3, -0.25) is 9.89 Å². The Morgan fingerprint density at radius 3 is 2.71 bits per heavy atom. The second kappa shape index (κ2) is 9.32. The van der Waals surface area contributed by atoms with Crippen LogP contribution in [0.4, 0.5) is 0 Å². The second-order valence-corrected chi connectivity index (χ2v) is 6.09. The van der Waals surface area contributed by atoms with Crippen LogP contribution < -0.4 is 10.2 Å². The van der Waals surface area contributed by atoms with E-state index in [1.54, 1.807) is 12.3 Å². The molecule has 1 heterocycles. The van der Waals surface area contributed by atoms with Crippen LogP contribution in [-0.4, -0.2) is 28.9 Å². The molecule has 0 saturated heterocycles. The summed E-state index contributed by atoms with van der Waals surface area (Å²) in [5.41, 5.74) is 6.28. The van der Waals surface area contributed by atoms with E-state index in [0.29, 0.717) is 18.0 Å². The molecule has 0 radical (unpaired) electrons. The lowest BCUT2D eigenvalue weighted by atomic mass is 10.1. The lowest BCUT2D eigenvalue weighted by molar-refractivity contribution is 0.0950. The largest absolute Gasteiger partial charge is 0.493 e. The Balaban J connectivity index is 1.66. The molecule has 0 bridgehead atoms. The highest BCUT2D eigenvalue weighted by Crippen LogP contribution is 2.28. The molecule has 1 aromatic heterocycles. The van der Waals surface area contributed by atoms with E-state index in [1.807, 2.05) is 74.5 Å². The van der Waals surface area contributed by atoms with Crippen molar-refractivity contribution in [2.24, 2.45) is 5.10 Å². The molecule has 0 aliphatic rings. The SMILES string of the molecule is CCOc1ccccc1-c1cc(C(=O)N/N=C\C(C)=C\c2ccccc2)[nH]n1. The van der Waals surface area contributed by atoms with Gasteiger partial charge in [-0.25, -0.2) is 5.43 Å². The van der Waals surface area contributed by atoms with E-state index in [4.69, 9.17) is 4.74 Å². The fourth-order valence-electron chi connectivity index (χ4n) is 2.64. The van der Waals surface area contributed by atoms with Gasteiger partial charge in [-0.2, -0.15) is 10.2 Å². The number of allylic oxidation sites excluding steroid dienone is 1. The van der Waals surface area contributed by atoms with Crippen molar-refractivity contribution >= 4 is 18.2 Å². The highest BCUT2D eigenvalue weighted by molar-refractivity contribution is 5.94. The van der Waals surface area contributed by atoms with Crippen molar-refractivity contribution in [2.45, 2.75) is 13.8 Å². The van der Waals surface area contributed by atoms with Gasteiger partial charge >= 0.3 is 0 Å². The average Bonchev–Trinajstić information content (AvgIpc) is 3.19. The summed E-state index contributed by atoms with van der Waals surface area (Å²) in [4.78, 5) is 12.3. The molecular formula is C22H22N4O2. The predicted octanol–water partition coefficient (Wildman–Crippen LogP) is 4.29. The minimum Gasteiger partial charge on any atom is -0.493 e. The first-order valence-corrected chi connectivity index (χ1v) is 9.01. The summed E-state index contributed by atoms with van der Waals surface area (Å²) < 4.78 is 5.62. The van der Waals surface area contributed by atoms with E-state index in [-0.39, 0.29) is 5.91 Å². The molecule has 6 heteroatoms. The van der Waals surface area contributed by atoms with Crippen LogP contribution in [0.5, 0.6) is 5.75 Å². The summed E-state index contributed by atoms with van der Waals surface area (Å²) >= 11 is 0. The van der Waals surface area contributed by atoms with Gasteiger partial charge in [-0.1, -0.05) is 48.5 Å². The number of H-pyrrole nitrogens is 1. The van der Waals surface area contributed by atoms with Crippen LogP contribution >= 0.6 is 0 Å². The highest BCUT2D eigenvalue weighted by atomic mass is 16.5. The lowest BCUT2D eigenvalue weighted by Gasteiger charge is -2.07. The Kier molecular flexibility index (Phi) is 6.36. The summed E-state index contributed by atoms with van der Waals surface area (Å²) in [7, 11) is 0. The Hall–Kier alpha value is -3.67. The van der Waals surface area contributed by atoms with Crippen molar-refractivity contribution in [1.29, 1.82) is 0 Å². The molecule has 0 spiro atoms. The summed E-state index contributed by atoms with van der Waals surface area (Å²) in [5.74, 6) is 0.361. The molecule has 0 fully saturated rings. The van der Waals surface area contributed by atoms with Gasteiger partial charge in [0.25, 0.3) is 5.91 Å². The zero-order valence-electron chi connectivity index (χ0n) is 15.8. The molecule has 0 atom stereocenters. The molecule has 0 unspecified atom stereocenters. The normalized spacial score (nSPS) is 11.6. The number of rotatable bonds is 7. The number of carbonyl (C=O) groups excluding carboxylic acids is 1. The third kappa shape index (κ3) is 4.94. The molecule has 3 rings (SSSR count). The quantitative estimate of drug-likeness (QED) is 0.478. The van der Waals surface area contributed by atoms with Gasteiger partial charge in [0, 0.05) is 5.56 Å². The summed E-state index contributed by atoms with van der Waals surface area (Å²) in [6.07, 6.45) is 3.58. The number of nitrogens with one attached hydrogen (secondary N) is 2. The van der Waals surface area contributed by atoms with Gasteiger partial charge < -0.3 is 4.74 Å². The molecule has 2 aromatic carbocycles. The van der Waals surface area contributed by atoms with Gasteiger partial charge in [-0.05, 0) is 43.2 Å². The maximum Gasteiger partial charge on any atom is 0.289 e. The monoisotopic (exact) mass is 374 g/mol. The van der Waals surface area contributed by atoms with Crippen molar-refractivity contribution < 1.29 is 9.53 Å². The van der Waals surface area contributed by atoms with Crippen LogP contribution in [0.15, 0.2) is 71.3 Å². The van der Waals surface area contributed by atoms with E-state index in [2.05, 4.69) is 20.7 Å². The third-order valence-electron chi connectivity index (χ3n) is 3.91. The molecule has 1 amide bonds. The number of hydrogen-bond donors (Lipinski definition) is 2. The molecule has 3 aromatic rings.